The molecule has 0 atom stereocenters. The SMILES string of the molecule is CCOc1ccccc1C(=O)N1CCN(Cc2nnnn2-c2ccccc2)CC1. The average Bonchev–Trinajstić information content (AvgIpc) is 3.23. The van der Waals surface area contributed by atoms with E-state index < -0.39 is 0 Å². The Morgan fingerprint density at radius 3 is 2.48 bits per heavy atom. The van der Waals surface area contributed by atoms with Crippen molar-refractivity contribution >= 4 is 5.91 Å². The molecule has 4 rings (SSSR count). The summed E-state index contributed by atoms with van der Waals surface area (Å²) in [6.07, 6.45) is 0. The van der Waals surface area contributed by atoms with Crippen LogP contribution in [-0.2, 0) is 6.54 Å². The molecule has 1 amide bonds. The third-order valence-electron chi connectivity index (χ3n) is 4.98. The molecule has 1 aliphatic heterocycles. The average molecular weight is 392 g/mol. The zero-order valence-corrected chi connectivity index (χ0v) is 16.4. The van der Waals surface area contributed by atoms with Crippen LogP contribution in [0.15, 0.2) is 54.6 Å². The Hall–Kier alpha value is -3.26. The molecule has 150 valence electrons. The van der Waals surface area contributed by atoms with E-state index in [0.29, 0.717) is 37.6 Å². The lowest BCUT2D eigenvalue weighted by molar-refractivity contribution is 0.0620. The molecule has 8 heteroatoms. The quantitative estimate of drug-likeness (QED) is 0.639. The minimum Gasteiger partial charge on any atom is -0.493 e. The first-order chi connectivity index (χ1) is 14.3. The fourth-order valence-electron chi connectivity index (χ4n) is 3.48. The van der Waals surface area contributed by atoms with Crippen LogP contribution in [0.1, 0.15) is 23.1 Å². The highest BCUT2D eigenvalue weighted by atomic mass is 16.5. The molecule has 3 aromatic rings. The van der Waals surface area contributed by atoms with E-state index in [0.717, 1.165) is 24.6 Å². The maximum atomic E-state index is 12.9. The lowest BCUT2D eigenvalue weighted by Gasteiger charge is -2.34. The summed E-state index contributed by atoms with van der Waals surface area (Å²) in [5.74, 6) is 1.45. The van der Waals surface area contributed by atoms with Gasteiger partial charge in [0.2, 0.25) is 0 Å². The van der Waals surface area contributed by atoms with Crippen molar-refractivity contribution in [1.82, 2.24) is 30.0 Å². The number of benzene rings is 2. The maximum Gasteiger partial charge on any atom is 0.257 e. The minimum atomic E-state index is 0.0165. The molecule has 0 radical (unpaired) electrons. The summed E-state index contributed by atoms with van der Waals surface area (Å²) in [6.45, 7) is 5.95. The Labute approximate surface area is 169 Å². The van der Waals surface area contributed by atoms with E-state index in [1.807, 2.05) is 66.4 Å². The molecular formula is C21H24N6O2. The van der Waals surface area contributed by atoms with Crippen LogP contribution in [0.3, 0.4) is 0 Å². The van der Waals surface area contributed by atoms with Crippen LogP contribution in [-0.4, -0.2) is 68.7 Å². The predicted octanol–water partition coefficient (Wildman–Crippen LogP) is 2.02. The van der Waals surface area contributed by atoms with Crippen LogP contribution in [0.2, 0.25) is 0 Å². The molecule has 2 aromatic carbocycles. The van der Waals surface area contributed by atoms with Crippen molar-refractivity contribution in [3.63, 3.8) is 0 Å². The summed E-state index contributed by atoms with van der Waals surface area (Å²) in [5.41, 5.74) is 1.56. The van der Waals surface area contributed by atoms with E-state index in [-0.39, 0.29) is 5.91 Å². The van der Waals surface area contributed by atoms with Crippen molar-refractivity contribution in [1.29, 1.82) is 0 Å². The number of rotatable bonds is 6. The summed E-state index contributed by atoms with van der Waals surface area (Å²) in [7, 11) is 0. The molecule has 1 aliphatic rings. The van der Waals surface area contributed by atoms with Crippen LogP contribution in [0.4, 0.5) is 0 Å². The number of piperazine rings is 1. The molecule has 1 saturated heterocycles. The number of nitrogens with zero attached hydrogens (tertiary/aromatic N) is 6. The van der Waals surface area contributed by atoms with Gasteiger partial charge in [0.1, 0.15) is 5.75 Å². The topological polar surface area (TPSA) is 76.4 Å². The van der Waals surface area contributed by atoms with Gasteiger partial charge >= 0.3 is 0 Å². The van der Waals surface area contributed by atoms with Crippen molar-refractivity contribution in [2.75, 3.05) is 32.8 Å². The van der Waals surface area contributed by atoms with Gasteiger partial charge in [-0.1, -0.05) is 30.3 Å². The Balaban J connectivity index is 1.39. The van der Waals surface area contributed by atoms with Crippen molar-refractivity contribution in [3.8, 4) is 11.4 Å². The number of hydrogen-bond donors (Lipinski definition) is 0. The molecule has 2 heterocycles. The highest BCUT2D eigenvalue weighted by Gasteiger charge is 2.25. The number of para-hydroxylation sites is 2. The van der Waals surface area contributed by atoms with Crippen molar-refractivity contribution < 1.29 is 9.53 Å². The molecule has 0 N–H and O–H groups in total. The van der Waals surface area contributed by atoms with Gasteiger partial charge in [0, 0.05) is 26.2 Å². The van der Waals surface area contributed by atoms with E-state index in [9.17, 15) is 4.79 Å². The molecule has 0 aliphatic carbocycles. The number of carbonyl (C=O) groups excluding carboxylic acids is 1. The minimum absolute atomic E-state index is 0.0165. The Morgan fingerprint density at radius 1 is 1.00 bits per heavy atom. The van der Waals surface area contributed by atoms with E-state index in [1.54, 1.807) is 4.68 Å². The number of tetrazole rings is 1. The van der Waals surface area contributed by atoms with Gasteiger partial charge in [-0.25, -0.2) is 0 Å². The van der Waals surface area contributed by atoms with Crippen LogP contribution < -0.4 is 4.74 Å². The first-order valence-electron chi connectivity index (χ1n) is 9.82. The maximum absolute atomic E-state index is 12.9. The second-order valence-corrected chi connectivity index (χ2v) is 6.84. The molecule has 0 bridgehead atoms. The highest BCUT2D eigenvalue weighted by molar-refractivity contribution is 5.97. The molecule has 29 heavy (non-hydrogen) atoms. The standard InChI is InChI=1S/C21H24N6O2/c1-2-29-19-11-7-6-10-18(19)21(28)26-14-12-25(13-15-26)16-20-22-23-24-27(20)17-8-4-3-5-9-17/h3-11H,2,12-16H2,1H3. The lowest BCUT2D eigenvalue weighted by atomic mass is 10.1. The van der Waals surface area contributed by atoms with Gasteiger partial charge in [0.15, 0.2) is 5.82 Å². The van der Waals surface area contributed by atoms with Crippen LogP contribution in [0, 0.1) is 0 Å². The summed E-state index contributed by atoms with van der Waals surface area (Å²) >= 11 is 0. The molecule has 1 fully saturated rings. The highest BCUT2D eigenvalue weighted by Crippen LogP contribution is 2.21. The summed E-state index contributed by atoms with van der Waals surface area (Å²) in [4.78, 5) is 17.1. The van der Waals surface area contributed by atoms with Crippen molar-refractivity contribution in [3.05, 3.63) is 66.0 Å². The third kappa shape index (κ3) is 4.27. The Morgan fingerprint density at radius 2 is 1.72 bits per heavy atom. The van der Waals surface area contributed by atoms with Gasteiger partial charge in [-0.2, -0.15) is 4.68 Å². The second kappa shape index (κ2) is 8.83. The Bertz CT molecular complexity index is 951. The summed E-state index contributed by atoms with van der Waals surface area (Å²) in [5, 5.41) is 12.1. The molecule has 0 saturated carbocycles. The fraction of sp³-hybridized carbons (Fsp3) is 0.333. The van der Waals surface area contributed by atoms with Gasteiger partial charge in [-0.15, -0.1) is 5.10 Å². The van der Waals surface area contributed by atoms with Crippen molar-refractivity contribution in [2.24, 2.45) is 0 Å². The van der Waals surface area contributed by atoms with Crippen molar-refractivity contribution in [2.45, 2.75) is 13.5 Å². The number of amides is 1. The predicted molar refractivity (Wildman–Crippen MR) is 108 cm³/mol. The van der Waals surface area contributed by atoms with Gasteiger partial charge in [0.25, 0.3) is 5.91 Å². The van der Waals surface area contributed by atoms with Gasteiger partial charge in [0.05, 0.1) is 24.4 Å². The van der Waals surface area contributed by atoms with E-state index in [2.05, 4.69) is 20.4 Å². The van der Waals surface area contributed by atoms with E-state index in [1.165, 1.54) is 0 Å². The van der Waals surface area contributed by atoms with Gasteiger partial charge in [-0.3, -0.25) is 9.69 Å². The van der Waals surface area contributed by atoms with Gasteiger partial charge < -0.3 is 9.64 Å². The first kappa shape index (κ1) is 19.1. The molecule has 1 aromatic heterocycles. The fourth-order valence-corrected chi connectivity index (χ4v) is 3.48. The first-order valence-corrected chi connectivity index (χ1v) is 9.82. The smallest absolute Gasteiger partial charge is 0.257 e. The third-order valence-corrected chi connectivity index (χ3v) is 4.98. The Kier molecular flexibility index (Phi) is 5.81. The normalized spacial score (nSPS) is 14.7. The largest absolute Gasteiger partial charge is 0.493 e. The number of hydrogen-bond acceptors (Lipinski definition) is 6. The lowest BCUT2D eigenvalue weighted by Crippen LogP contribution is -2.48. The molecule has 0 unspecified atom stereocenters. The number of aromatic nitrogens is 4. The van der Waals surface area contributed by atoms with Gasteiger partial charge in [-0.05, 0) is 41.6 Å². The number of carbonyl (C=O) groups is 1. The van der Waals surface area contributed by atoms with E-state index >= 15 is 0 Å². The second-order valence-electron chi connectivity index (χ2n) is 6.84. The summed E-state index contributed by atoms with van der Waals surface area (Å²) < 4.78 is 7.37. The van der Waals surface area contributed by atoms with Crippen LogP contribution in [0.5, 0.6) is 5.75 Å². The zero-order valence-electron chi connectivity index (χ0n) is 16.4. The summed E-state index contributed by atoms with van der Waals surface area (Å²) in [6, 6.07) is 17.3. The molecule has 0 spiro atoms. The molecule has 8 nitrogen and oxygen atoms in total. The van der Waals surface area contributed by atoms with E-state index in [4.69, 9.17) is 4.74 Å². The molecular weight excluding hydrogens is 368 g/mol. The zero-order chi connectivity index (χ0) is 20.1. The monoisotopic (exact) mass is 392 g/mol. The van der Waals surface area contributed by atoms with Crippen LogP contribution in [0.25, 0.3) is 5.69 Å². The number of ether oxygens (including phenoxy) is 1. The van der Waals surface area contributed by atoms with Crippen LogP contribution >= 0.6 is 0 Å².